The van der Waals surface area contributed by atoms with Crippen LogP contribution in [0, 0.1) is 22.7 Å². The van der Waals surface area contributed by atoms with Crippen molar-refractivity contribution in [3.8, 4) is 0 Å². The van der Waals surface area contributed by atoms with E-state index in [2.05, 4.69) is 0 Å². The highest BCUT2D eigenvalue weighted by Crippen LogP contribution is 2.54. The Balaban J connectivity index is 0.000000146. The van der Waals surface area contributed by atoms with Gasteiger partial charge in [-0.1, -0.05) is 12.8 Å². The van der Waals surface area contributed by atoms with Crippen LogP contribution in [0.1, 0.15) is 83.5 Å². The highest BCUT2D eigenvalue weighted by molar-refractivity contribution is 6.20. The molecule has 142 valence electrons. The molecule has 0 aliphatic heterocycles. The maximum absolute atomic E-state index is 10.8. The summed E-state index contributed by atoms with van der Waals surface area (Å²) >= 11 is 6.06. The molecule has 4 aliphatic rings. The van der Waals surface area contributed by atoms with Crippen molar-refractivity contribution in [3.05, 3.63) is 0 Å². The molecule has 0 aromatic carbocycles. The van der Waals surface area contributed by atoms with Crippen LogP contribution in [-0.4, -0.2) is 27.5 Å². The van der Waals surface area contributed by atoms with E-state index in [1.165, 1.54) is 32.1 Å². The summed E-state index contributed by atoms with van der Waals surface area (Å²) in [6.45, 7) is 0. The Kier molecular flexibility index (Phi) is 5.67. The maximum atomic E-state index is 10.8. The first kappa shape index (κ1) is 19.0. The molecule has 2 spiro atoms. The first-order chi connectivity index (χ1) is 11.8. The second-order valence-electron chi connectivity index (χ2n) is 9.10. The number of carboxylic acids is 2. The highest BCUT2D eigenvalue weighted by atomic mass is 35.5. The van der Waals surface area contributed by atoms with E-state index in [4.69, 9.17) is 21.8 Å². The van der Waals surface area contributed by atoms with Gasteiger partial charge in [0, 0.05) is 5.38 Å². The topological polar surface area (TPSA) is 74.6 Å². The van der Waals surface area contributed by atoms with E-state index in [-0.39, 0.29) is 11.8 Å². The Hall–Kier alpha value is -0.770. The third-order valence-electron chi connectivity index (χ3n) is 7.41. The lowest BCUT2D eigenvalue weighted by molar-refractivity contribution is -0.142. The van der Waals surface area contributed by atoms with Gasteiger partial charge in [0.05, 0.1) is 11.8 Å². The van der Waals surface area contributed by atoms with E-state index < -0.39 is 11.9 Å². The van der Waals surface area contributed by atoms with E-state index >= 15 is 0 Å². The summed E-state index contributed by atoms with van der Waals surface area (Å²) in [5.74, 6) is -1.31. The molecule has 0 aromatic heterocycles. The first-order valence-corrected chi connectivity index (χ1v) is 10.4. The van der Waals surface area contributed by atoms with Crippen LogP contribution in [0.25, 0.3) is 0 Å². The number of alkyl halides is 1. The van der Waals surface area contributed by atoms with E-state index in [9.17, 15) is 9.59 Å². The van der Waals surface area contributed by atoms with Gasteiger partial charge in [0.2, 0.25) is 0 Å². The third kappa shape index (κ3) is 4.32. The van der Waals surface area contributed by atoms with Gasteiger partial charge in [-0.15, -0.1) is 11.6 Å². The minimum atomic E-state index is -0.616. The molecule has 4 nitrogen and oxygen atoms in total. The Morgan fingerprint density at radius 2 is 1.20 bits per heavy atom. The fourth-order valence-corrected chi connectivity index (χ4v) is 6.40. The summed E-state index contributed by atoms with van der Waals surface area (Å²) in [6, 6.07) is 0. The SMILES string of the molecule is O=C(O)[C@@H]1CCC2(CCC(Cl)C2)C1.O=C(O)[C@@H]1CCC2(CCCC2)C1. The molecule has 0 radical (unpaired) electrons. The maximum Gasteiger partial charge on any atom is 0.306 e. The largest absolute Gasteiger partial charge is 0.481 e. The Labute approximate surface area is 155 Å². The van der Waals surface area contributed by atoms with Crippen molar-refractivity contribution in [1.29, 1.82) is 0 Å². The van der Waals surface area contributed by atoms with E-state index in [0.717, 1.165) is 51.4 Å². The second kappa shape index (κ2) is 7.46. The van der Waals surface area contributed by atoms with Crippen LogP contribution in [-0.2, 0) is 9.59 Å². The molecule has 2 unspecified atom stereocenters. The molecule has 4 rings (SSSR count). The fourth-order valence-electron chi connectivity index (χ4n) is 5.96. The van der Waals surface area contributed by atoms with Crippen molar-refractivity contribution < 1.29 is 19.8 Å². The molecule has 0 amide bonds. The predicted molar refractivity (Wildman–Crippen MR) is 96.8 cm³/mol. The Morgan fingerprint density at radius 1 is 0.720 bits per heavy atom. The zero-order valence-electron chi connectivity index (χ0n) is 15.0. The van der Waals surface area contributed by atoms with Crippen LogP contribution in [0.2, 0.25) is 0 Å². The van der Waals surface area contributed by atoms with Crippen molar-refractivity contribution in [2.45, 2.75) is 88.8 Å². The monoisotopic (exact) mass is 370 g/mol. The molecular weight excluding hydrogens is 340 g/mol. The summed E-state index contributed by atoms with van der Waals surface area (Å²) in [6.07, 6.45) is 14.3. The van der Waals surface area contributed by atoms with Crippen molar-refractivity contribution in [3.63, 3.8) is 0 Å². The molecule has 0 bridgehead atoms. The summed E-state index contributed by atoms with van der Waals surface area (Å²) in [5.41, 5.74) is 0.762. The summed E-state index contributed by atoms with van der Waals surface area (Å²) in [5, 5.41) is 18.0. The van der Waals surface area contributed by atoms with E-state index in [0.29, 0.717) is 16.2 Å². The van der Waals surface area contributed by atoms with Crippen LogP contribution in [0.5, 0.6) is 0 Å². The van der Waals surface area contributed by atoms with Gasteiger partial charge in [-0.05, 0) is 81.5 Å². The van der Waals surface area contributed by atoms with Crippen LogP contribution in [0.15, 0.2) is 0 Å². The van der Waals surface area contributed by atoms with Crippen LogP contribution >= 0.6 is 11.6 Å². The van der Waals surface area contributed by atoms with Gasteiger partial charge < -0.3 is 10.2 Å². The van der Waals surface area contributed by atoms with E-state index in [1.807, 2.05) is 0 Å². The molecule has 2 N–H and O–H groups in total. The van der Waals surface area contributed by atoms with Gasteiger partial charge in [-0.2, -0.15) is 0 Å². The van der Waals surface area contributed by atoms with Gasteiger partial charge in [-0.3, -0.25) is 9.59 Å². The minimum Gasteiger partial charge on any atom is -0.481 e. The van der Waals surface area contributed by atoms with Gasteiger partial charge in [0.1, 0.15) is 0 Å². The lowest BCUT2D eigenvalue weighted by Gasteiger charge is -2.22. The number of halogens is 1. The number of carbonyl (C=O) groups is 2. The molecule has 5 heteroatoms. The second-order valence-corrected chi connectivity index (χ2v) is 9.72. The average molecular weight is 371 g/mol. The molecule has 4 aliphatic carbocycles. The average Bonchev–Trinajstić information content (AvgIpc) is 3.32. The normalized spacial score (nSPS) is 38.8. The molecule has 25 heavy (non-hydrogen) atoms. The lowest BCUT2D eigenvalue weighted by atomic mass is 9.84. The number of carboxylic acid groups (broad SMARTS) is 2. The Bertz CT molecular complexity index is 514. The molecular formula is C20H31ClO4. The molecule has 0 saturated heterocycles. The molecule has 4 saturated carbocycles. The standard InChI is InChI=1S/C10H15ClO2.C10H16O2/c11-8-2-4-10(6-8)3-1-7(5-10)9(12)13;11-9(12)8-3-6-10(7-8)4-1-2-5-10/h7-8H,1-6H2,(H,12,13);8H,1-7H2,(H,11,12)/t7-,8?,10?;8-/m11/s1. The molecule has 4 atom stereocenters. The molecule has 0 heterocycles. The van der Waals surface area contributed by atoms with Crippen LogP contribution < -0.4 is 0 Å². The van der Waals surface area contributed by atoms with Crippen molar-refractivity contribution >= 4 is 23.5 Å². The van der Waals surface area contributed by atoms with Crippen molar-refractivity contribution in [1.82, 2.24) is 0 Å². The zero-order chi connectivity index (χ0) is 18.1. The number of rotatable bonds is 2. The third-order valence-corrected chi connectivity index (χ3v) is 7.78. The van der Waals surface area contributed by atoms with Gasteiger partial charge in [-0.25, -0.2) is 0 Å². The number of aliphatic carboxylic acids is 2. The van der Waals surface area contributed by atoms with Crippen molar-refractivity contribution in [2.75, 3.05) is 0 Å². The summed E-state index contributed by atoms with van der Waals surface area (Å²) < 4.78 is 0. The van der Waals surface area contributed by atoms with E-state index in [1.54, 1.807) is 0 Å². The number of hydrogen-bond donors (Lipinski definition) is 2. The van der Waals surface area contributed by atoms with Crippen LogP contribution in [0.4, 0.5) is 0 Å². The van der Waals surface area contributed by atoms with Crippen LogP contribution in [0.3, 0.4) is 0 Å². The summed E-state index contributed by atoms with van der Waals surface area (Å²) in [7, 11) is 0. The quantitative estimate of drug-likeness (QED) is 0.664. The minimum absolute atomic E-state index is 0.0249. The molecule has 0 aromatic rings. The molecule has 4 fully saturated rings. The van der Waals surface area contributed by atoms with Crippen molar-refractivity contribution in [2.24, 2.45) is 22.7 Å². The number of hydrogen-bond acceptors (Lipinski definition) is 2. The highest BCUT2D eigenvalue weighted by Gasteiger charge is 2.46. The van der Waals surface area contributed by atoms with Gasteiger partial charge in [0.15, 0.2) is 0 Å². The smallest absolute Gasteiger partial charge is 0.306 e. The summed E-state index contributed by atoms with van der Waals surface area (Å²) in [4.78, 5) is 21.5. The van der Waals surface area contributed by atoms with Gasteiger partial charge >= 0.3 is 11.9 Å². The zero-order valence-corrected chi connectivity index (χ0v) is 15.8. The lowest BCUT2D eigenvalue weighted by Crippen LogP contribution is -2.16. The van der Waals surface area contributed by atoms with Gasteiger partial charge in [0.25, 0.3) is 0 Å². The predicted octanol–water partition coefficient (Wildman–Crippen LogP) is 5.08. The Morgan fingerprint density at radius 3 is 1.64 bits per heavy atom. The fraction of sp³-hybridized carbons (Fsp3) is 0.900. The first-order valence-electron chi connectivity index (χ1n) is 9.93.